The molecule has 0 spiro atoms. The minimum absolute atomic E-state index is 0.453. The molecule has 15 heavy (non-hydrogen) atoms. The van der Waals surface area contributed by atoms with Gasteiger partial charge in [-0.2, -0.15) is 0 Å². The Kier molecular flexibility index (Phi) is 3.59. The van der Waals surface area contributed by atoms with Gasteiger partial charge < -0.3 is 5.32 Å². The first kappa shape index (κ1) is 10.9. The van der Waals surface area contributed by atoms with Gasteiger partial charge in [0.2, 0.25) is 0 Å². The first-order valence-electron chi connectivity index (χ1n) is 5.04. The predicted molar refractivity (Wildman–Crippen MR) is 58.1 cm³/mol. The third kappa shape index (κ3) is 2.92. The van der Waals surface area contributed by atoms with E-state index in [2.05, 4.69) is 5.32 Å². The molecule has 0 saturated carbocycles. The number of benzene rings is 1. The Morgan fingerprint density at radius 2 is 2.27 bits per heavy atom. The summed E-state index contributed by atoms with van der Waals surface area (Å²) in [7, 11) is 0. The quantitative estimate of drug-likeness (QED) is 0.800. The summed E-state index contributed by atoms with van der Waals surface area (Å²) in [4.78, 5) is 0.545. The Morgan fingerprint density at radius 3 is 2.93 bits per heavy atom. The standard InChI is InChI=1S/C11H13F2NS/c12-9-1-2-11(10(13)5-9)15-7-8-3-4-14-6-8/h1-2,5,8,14H,3-4,6-7H2/t8-/m0/s1. The molecule has 1 aliphatic heterocycles. The smallest absolute Gasteiger partial charge is 0.139 e. The average Bonchev–Trinajstić information content (AvgIpc) is 2.69. The van der Waals surface area contributed by atoms with Crippen molar-refractivity contribution in [1.82, 2.24) is 5.32 Å². The van der Waals surface area contributed by atoms with Crippen molar-refractivity contribution in [3.8, 4) is 0 Å². The molecule has 0 radical (unpaired) electrons. The van der Waals surface area contributed by atoms with Gasteiger partial charge in [-0.05, 0) is 37.6 Å². The summed E-state index contributed by atoms with van der Waals surface area (Å²) < 4.78 is 25.9. The highest BCUT2D eigenvalue weighted by molar-refractivity contribution is 7.99. The lowest BCUT2D eigenvalue weighted by Gasteiger charge is -2.08. The van der Waals surface area contributed by atoms with Gasteiger partial charge in [-0.1, -0.05) is 0 Å². The maximum Gasteiger partial charge on any atom is 0.139 e. The SMILES string of the molecule is Fc1ccc(SC[C@H]2CCNC2)c(F)c1. The molecule has 1 N–H and O–H groups in total. The van der Waals surface area contributed by atoms with Crippen molar-refractivity contribution >= 4 is 11.8 Å². The molecular formula is C11H13F2NS. The number of hydrogen-bond acceptors (Lipinski definition) is 2. The van der Waals surface area contributed by atoms with Crippen molar-refractivity contribution in [3.05, 3.63) is 29.8 Å². The van der Waals surface area contributed by atoms with E-state index in [1.165, 1.54) is 23.9 Å². The van der Waals surface area contributed by atoms with Crippen molar-refractivity contribution in [2.45, 2.75) is 11.3 Å². The predicted octanol–water partition coefficient (Wildman–Crippen LogP) is 2.67. The number of nitrogens with one attached hydrogen (secondary N) is 1. The van der Waals surface area contributed by atoms with Crippen LogP contribution in [-0.4, -0.2) is 18.8 Å². The van der Waals surface area contributed by atoms with Crippen LogP contribution in [0, 0.1) is 17.6 Å². The molecule has 0 aromatic heterocycles. The minimum Gasteiger partial charge on any atom is -0.316 e. The van der Waals surface area contributed by atoms with Gasteiger partial charge in [0.1, 0.15) is 11.6 Å². The molecule has 1 fully saturated rings. The zero-order valence-electron chi connectivity index (χ0n) is 8.30. The van der Waals surface area contributed by atoms with Gasteiger partial charge in [-0.15, -0.1) is 11.8 Å². The molecule has 0 unspecified atom stereocenters. The summed E-state index contributed by atoms with van der Waals surface area (Å²) in [6.45, 7) is 2.06. The van der Waals surface area contributed by atoms with Crippen LogP contribution in [0.2, 0.25) is 0 Å². The zero-order chi connectivity index (χ0) is 10.7. The lowest BCUT2D eigenvalue weighted by Crippen LogP contribution is -2.10. The second-order valence-corrected chi connectivity index (χ2v) is 4.81. The first-order valence-corrected chi connectivity index (χ1v) is 6.03. The van der Waals surface area contributed by atoms with E-state index < -0.39 is 11.6 Å². The summed E-state index contributed by atoms with van der Waals surface area (Å²) >= 11 is 1.47. The van der Waals surface area contributed by atoms with E-state index in [1.54, 1.807) is 0 Å². The van der Waals surface area contributed by atoms with Crippen LogP contribution >= 0.6 is 11.8 Å². The summed E-state index contributed by atoms with van der Waals surface area (Å²) in [6, 6.07) is 3.76. The molecule has 1 aromatic carbocycles. The van der Waals surface area contributed by atoms with Gasteiger partial charge in [-0.3, -0.25) is 0 Å². The molecule has 4 heteroatoms. The van der Waals surface area contributed by atoms with Crippen molar-refractivity contribution in [2.75, 3.05) is 18.8 Å². The number of hydrogen-bond donors (Lipinski definition) is 1. The fourth-order valence-electron chi connectivity index (χ4n) is 1.66. The van der Waals surface area contributed by atoms with Crippen LogP contribution in [0.1, 0.15) is 6.42 Å². The van der Waals surface area contributed by atoms with Crippen molar-refractivity contribution in [3.63, 3.8) is 0 Å². The molecule has 1 nitrogen and oxygen atoms in total. The van der Waals surface area contributed by atoms with Crippen molar-refractivity contribution in [2.24, 2.45) is 5.92 Å². The molecule has 1 aliphatic rings. The summed E-state index contributed by atoms with van der Waals surface area (Å²) in [5.41, 5.74) is 0. The normalized spacial score (nSPS) is 20.8. The average molecular weight is 229 g/mol. The number of halogens is 2. The second-order valence-electron chi connectivity index (χ2n) is 3.74. The molecule has 2 rings (SSSR count). The second kappa shape index (κ2) is 4.94. The maximum absolute atomic E-state index is 13.2. The Balaban J connectivity index is 1.92. The molecular weight excluding hydrogens is 216 g/mol. The first-order chi connectivity index (χ1) is 7.25. The molecule has 0 bridgehead atoms. The van der Waals surface area contributed by atoms with Crippen LogP contribution in [-0.2, 0) is 0 Å². The summed E-state index contributed by atoms with van der Waals surface area (Å²) in [6.07, 6.45) is 1.15. The molecule has 1 aromatic rings. The van der Waals surface area contributed by atoms with E-state index in [1.807, 2.05) is 0 Å². The van der Waals surface area contributed by atoms with Crippen LogP contribution in [0.4, 0.5) is 8.78 Å². The van der Waals surface area contributed by atoms with E-state index in [-0.39, 0.29) is 0 Å². The van der Waals surface area contributed by atoms with E-state index in [9.17, 15) is 8.78 Å². The van der Waals surface area contributed by atoms with Crippen LogP contribution in [0.25, 0.3) is 0 Å². The monoisotopic (exact) mass is 229 g/mol. The molecule has 1 atom stereocenters. The fraction of sp³-hybridized carbons (Fsp3) is 0.455. The van der Waals surface area contributed by atoms with Crippen molar-refractivity contribution in [1.29, 1.82) is 0 Å². The molecule has 0 aliphatic carbocycles. The number of rotatable bonds is 3. The van der Waals surface area contributed by atoms with Gasteiger partial charge >= 0.3 is 0 Å². The molecule has 82 valence electrons. The van der Waals surface area contributed by atoms with Crippen LogP contribution in [0.15, 0.2) is 23.1 Å². The minimum atomic E-state index is -0.514. The van der Waals surface area contributed by atoms with Crippen LogP contribution in [0.5, 0.6) is 0 Å². The highest BCUT2D eigenvalue weighted by Gasteiger charge is 2.15. The van der Waals surface area contributed by atoms with E-state index >= 15 is 0 Å². The van der Waals surface area contributed by atoms with Crippen LogP contribution in [0.3, 0.4) is 0 Å². The van der Waals surface area contributed by atoms with Gasteiger partial charge in [0.25, 0.3) is 0 Å². The molecule has 1 heterocycles. The largest absolute Gasteiger partial charge is 0.316 e. The Morgan fingerprint density at radius 1 is 1.40 bits per heavy atom. The van der Waals surface area contributed by atoms with Crippen molar-refractivity contribution < 1.29 is 8.78 Å². The summed E-state index contributed by atoms with van der Waals surface area (Å²) in [5, 5.41) is 3.27. The molecule has 1 saturated heterocycles. The van der Waals surface area contributed by atoms with Gasteiger partial charge in [0.15, 0.2) is 0 Å². The number of thioether (sulfide) groups is 1. The zero-order valence-corrected chi connectivity index (χ0v) is 9.12. The lowest BCUT2D eigenvalue weighted by molar-refractivity contribution is 0.565. The Labute approximate surface area is 92.3 Å². The van der Waals surface area contributed by atoms with Gasteiger partial charge in [0, 0.05) is 16.7 Å². The Hall–Kier alpha value is -0.610. The molecule has 0 amide bonds. The Bertz CT molecular complexity index is 337. The third-order valence-corrected chi connectivity index (χ3v) is 3.81. The van der Waals surface area contributed by atoms with Gasteiger partial charge in [0.05, 0.1) is 0 Å². The van der Waals surface area contributed by atoms with Crippen LogP contribution < -0.4 is 5.32 Å². The maximum atomic E-state index is 13.2. The lowest BCUT2D eigenvalue weighted by atomic mass is 10.2. The van der Waals surface area contributed by atoms with E-state index in [0.29, 0.717) is 10.8 Å². The van der Waals surface area contributed by atoms with E-state index in [4.69, 9.17) is 0 Å². The highest BCUT2D eigenvalue weighted by atomic mass is 32.2. The third-order valence-electron chi connectivity index (χ3n) is 2.53. The fourth-order valence-corrected chi connectivity index (χ4v) is 2.72. The summed E-state index contributed by atoms with van der Waals surface area (Å²) in [5.74, 6) is 0.542. The van der Waals surface area contributed by atoms with E-state index in [0.717, 1.165) is 31.3 Å². The van der Waals surface area contributed by atoms with Gasteiger partial charge in [-0.25, -0.2) is 8.78 Å². The highest BCUT2D eigenvalue weighted by Crippen LogP contribution is 2.26. The topological polar surface area (TPSA) is 12.0 Å².